The lowest BCUT2D eigenvalue weighted by molar-refractivity contribution is 0.0436. The van der Waals surface area contributed by atoms with Gasteiger partial charge < -0.3 is 10.2 Å². The second kappa shape index (κ2) is 4.46. The van der Waals surface area contributed by atoms with Crippen molar-refractivity contribution >= 4 is 0 Å². The summed E-state index contributed by atoms with van der Waals surface area (Å²) < 4.78 is 0. The molecular formula is C14H20O2. The minimum Gasteiger partial charge on any atom is -0.508 e. The molecule has 0 radical (unpaired) electrons. The first kappa shape index (κ1) is 11.5. The molecule has 0 spiro atoms. The van der Waals surface area contributed by atoms with Gasteiger partial charge in [-0.3, -0.25) is 0 Å². The molecule has 16 heavy (non-hydrogen) atoms. The molecule has 1 aromatic rings. The lowest BCUT2D eigenvalue weighted by Gasteiger charge is -2.22. The first-order chi connectivity index (χ1) is 7.61. The van der Waals surface area contributed by atoms with Crippen LogP contribution >= 0.6 is 0 Å². The number of hydrogen-bond donors (Lipinski definition) is 2. The Balaban J connectivity index is 2.01. The maximum atomic E-state index is 10.5. The van der Waals surface area contributed by atoms with Gasteiger partial charge in [-0.25, -0.2) is 0 Å². The topological polar surface area (TPSA) is 40.5 Å². The fourth-order valence-corrected chi connectivity index (χ4v) is 2.72. The number of phenols is 1. The predicted molar refractivity (Wildman–Crippen MR) is 64.4 cm³/mol. The molecule has 1 aromatic carbocycles. The number of aromatic hydroxyl groups is 1. The smallest absolute Gasteiger partial charge is 0.115 e. The summed E-state index contributed by atoms with van der Waals surface area (Å²) in [7, 11) is 0. The fourth-order valence-electron chi connectivity index (χ4n) is 2.72. The monoisotopic (exact) mass is 220 g/mol. The molecule has 0 heterocycles. The van der Waals surface area contributed by atoms with E-state index in [1.807, 2.05) is 12.1 Å². The molecule has 2 atom stereocenters. The van der Waals surface area contributed by atoms with E-state index in [1.54, 1.807) is 12.1 Å². The Morgan fingerprint density at radius 2 is 2.00 bits per heavy atom. The van der Waals surface area contributed by atoms with Crippen molar-refractivity contribution in [1.82, 2.24) is 0 Å². The predicted octanol–water partition coefficient (Wildman–Crippen LogP) is 2.88. The van der Waals surface area contributed by atoms with Gasteiger partial charge in [0.2, 0.25) is 0 Å². The minimum atomic E-state index is -0.516. The van der Waals surface area contributed by atoms with Crippen LogP contribution in [-0.2, 0) is 6.42 Å². The van der Waals surface area contributed by atoms with Crippen LogP contribution in [0.1, 0.15) is 38.2 Å². The van der Waals surface area contributed by atoms with Gasteiger partial charge in [-0.2, -0.15) is 0 Å². The SMILES string of the molecule is CCC1CCC(O)(Cc2ccc(O)cc2)C1. The molecule has 0 aliphatic heterocycles. The van der Waals surface area contributed by atoms with Crippen LogP contribution in [0.15, 0.2) is 24.3 Å². The third kappa shape index (κ3) is 2.56. The second-order valence-electron chi connectivity index (χ2n) is 5.08. The van der Waals surface area contributed by atoms with Crippen LogP contribution in [0.5, 0.6) is 5.75 Å². The van der Waals surface area contributed by atoms with Gasteiger partial charge in [0.05, 0.1) is 5.60 Å². The van der Waals surface area contributed by atoms with E-state index >= 15 is 0 Å². The summed E-state index contributed by atoms with van der Waals surface area (Å²) in [6.07, 6.45) is 4.85. The van der Waals surface area contributed by atoms with Crippen molar-refractivity contribution in [2.75, 3.05) is 0 Å². The van der Waals surface area contributed by atoms with Crippen molar-refractivity contribution in [1.29, 1.82) is 0 Å². The first-order valence-electron chi connectivity index (χ1n) is 6.11. The molecule has 0 amide bonds. The van der Waals surface area contributed by atoms with Crippen LogP contribution in [0.4, 0.5) is 0 Å². The molecule has 1 aliphatic rings. The summed E-state index contributed by atoms with van der Waals surface area (Å²) in [5.74, 6) is 0.968. The van der Waals surface area contributed by atoms with Gasteiger partial charge in [0.25, 0.3) is 0 Å². The van der Waals surface area contributed by atoms with Gasteiger partial charge in [-0.1, -0.05) is 25.5 Å². The van der Waals surface area contributed by atoms with Crippen molar-refractivity contribution in [3.05, 3.63) is 29.8 Å². The molecule has 0 aromatic heterocycles. The van der Waals surface area contributed by atoms with E-state index in [-0.39, 0.29) is 5.75 Å². The van der Waals surface area contributed by atoms with Crippen LogP contribution in [0.3, 0.4) is 0 Å². The quantitative estimate of drug-likeness (QED) is 0.822. The normalized spacial score (nSPS) is 29.5. The molecule has 2 heteroatoms. The van der Waals surface area contributed by atoms with Gasteiger partial charge in [0, 0.05) is 6.42 Å². The van der Waals surface area contributed by atoms with E-state index < -0.39 is 5.60 Å². The highest BCUT2D eigenvalue weighted by Crippen LogP contribution is 2.38. The van der Waals surface area contributed by atoms with Crippen molar-refractivity contribution in [2.45, 2.75) is 44.6 Å². The Hall–Kier alpha value is -1.02. The number of aliphatic hydroxyl groups is 1. The Kier molecular flexibility index (Phi) is 3.20. The van der Waals surface area contributed by atoms with Crippen LogP contribution in [0.25, 0.3) is 0 Å². The van der Waals surface area contributed by atoms with Gasteiger partial charge >= 0.3 is 0 Å². The van der Waals surface area contributed by atoms with Gasteiger partial charge in [0.1, 0.15) is 5.75 Å². The fraction of sp³-hybridized carbons (Fsp3) is 0.571. The Labute approximate surface area is 96.9 Å². The highest BCUT2D eigenvalue weighted by Gasteiger charge is 2.36. The van der Waals surface area contributed by atoms with Crippen LogP contribution < -0.4 is 0 Å². The molecule has 2 unspecified atom stereocenters. The largest absolute Gasteiger partial charge is 0.508 e. The maximum absolute atomic E-state index is 10.5. The summed E-state index contributed by atoms with van der Waals surface area (Å²) in [5.41, 5.74) is 0.592. The summed E-state index contributed by atoms with van der Waals surface area (Å²) in [6.45, 7) is 2.19. The van der Waals surface area contributed by atoms with E-state index in [0.29, 0.717) is 12.3 Å². The van der Waals surface area contributed by atoms with Crippen LogP contribution in [0, 0.1) is 5.92 Å². The number of rotatable bonds is 3. The van der Waals surface area contributed by atoms with Gasteiger partial charge in [-0.15, -0.1) is 0 Å². The standard InChI is InChI=1S/C14H20O2/c1-2-11-7-8-14(16,9-11)10-12-3-5-13(15)6-4-12/h3-6,11,15-16H,2,7-10H2,1H3. The van der Waals surface area contributed by atoms with Crippen LogP contribution in [0.2, 0.25) is 0 Å². The summed E-state index contributed by atoms with van der Waals surface area (Å²) in [5, 5.41) is 19.7. The molecule has 0 bridgehead atoms. The Bertz CT molecular complexity index is 344. The number of benzene rings is 1. The third-order valence-electron chi connectivity index (χ3n) is 3.73. The average Bonchev–Trinajstić information content (AvgIpc) is 2.64. The number of phenolic OH excluding ortho intramolecular Hbond substituents is 1. The van der Waals surface area contributed by atoms with E-state index in [9.17, 15) is 10.2 Å². The molecule has 0 saturated heterocycles. The molecule has 2 nitrogen and oxygen atoms in total. The maximum Gasteiger partial charge on any atom is 0.115 e. The zero-order valence-electron chi connectivity index (χ0n) is 9.82. The zero-order valence-corrected chi connectivity index (χ0v) is 9.82. The van der Waals surface area contributed by atoms with Gasteiger partial charge in [0.15, 0.2) is 0 Å². The molecule has 1 saturated carbocycles. The van der Waals surface area contributed by atoms with Crippen molar-refractivity contribution in [2.24, 2.45) is 5.92 Å². The third-order valence-corrected chi connectivity index (χ3v) is 3.73. The summed E-state index contributed by atoms with van der Waals surface area (Å²) in [6, 6.07) is 7.16. The zero-order chi connectivity index (χ0) is 11.6. The van der Waals surface area contributed by atoms with Crippen molar-refractivity contribution < 1.29 is 10.2 Å². The molecular weight excluding hydrogens is 200 g/mol. The van der Waals surface area contributed by atoms with E-state index in [1.165, 1.54) is 0 Å². The van der Waals surface area contributed by atoms with Gasteiger partial charge in [-0.05, 0) is 42.9 Å². The van der Waals surface area contributed by atoms with Crippen molar-refractivity contribution in [3.63, 3.8) is 0 Å². The van der Waals surface area contributed by atoms with E-state index in [0.717, 1.165) is 31.2 Å². The van der Waals surface area contributed by atoms with Crippen molar-refractivity contribution in [3.8, 4) is 5.75 Å². The highest BCUT2D eigenvalue weighted by molar-refractivity contribution is 5.27. The lowest BCUT2D eigenvalue weighted by atomic mass is 9.91. The number of hydrogen-bond acceptors (Lipinski definition) is 2. The summed E-state index contributed by atoms with van der Waals surface area (Å²) in [4.78, 5) is 0. The Morgan fingerprint density at radius 3 is 2.56 bits per heavy atom. The molecule has 2 rings (SSSR count). The molecule has 1 aliphatic carbocycles. The van der Waals surface area contributed by atoms with Crippen LogP contribution in [-0.4, -0.2) is 15.8 Å². The highest BCUT2D eigenvalue weighted by atomic mass is 16.3. The Morgan fingerprint density at radius 1 is 1.31 bits per heavy atom. The minimum absolute atomic E-state index is 0.286. The van der Waals surface area contributed by atoms with E-state index in [2.05, 4.69) is 6.92 Å². The molecule has 88 valence electrons. The first-order valence-corrected chi connectivity index (χ1v) is 6.11. The van der Waals surface area contributed by atoms with E-state index in [4.69, 9.17) is 0 Å². The lowest BCUT2D eigenvalue weighted by Crippen LogP contribution is -2.27. The molecule has 1 fully saturated rings. The molecule has 2 N–H and O–H groups in total. The summed E-state index contributed by atoms with van der Waals surface area (Å²) >= 11 is 0. The average molecular weight is 220 g/mol. The second-order valence-corrected chi connectivity index (χ2v) is 5.08.